The van der Waals surface area contributed by atoms with Crippen molar-refractivity contribution in [3.63, 3.8) is 0 Å². The predicted molar refractivity (Wildman–Crippen MR) is 109 cm³/mol. The molecule has 0 aliphatic carbocycles. The van der Waals surface area contributed by atoms with Crippen molar-refractivity contribution in [3.8, 4) is 6.07 Å². The molecule has 0 bridgehead atoms. The van der Waals surface area contributed by atoms with Gasteiger partial charge in [-0.3, -0.25) is 0 Å². The van der Waals surface area contributed by atoms with Crippen molar-refractivity contribution in [3.05, 3.63) is 83.5 Å². The van der Waals surface area contributed by atoms with Gasteiger partial charge in [-0.1, -0.05) is 48.2 Å². The lowest BCUT2D eigenvalue weighted by Gasteiger charge is -2.17. The number of benzene rings is 2. The van der Waals surface area contributed by atoms with Crippen molar-refractivity contribution in [2.75, 3.05) is 11.4 Å². The lowest BCUT2D eigenvalue weighted by molar-refractivity contribution is 1.00. The molecule has 1 aliphatic heterocycles. The molecule has 4 rings (SSSR count). The summed E-state index contributed by atoms with van der Waals surface area (Å²) in [7, 11) is 0. The second-order valence-corrected chi connectivity index (χ2v) is 6.96. The van der Waals surface area contributed by atoms with Gasteiger partial charge in [0.1, 0.15) is 6.07 Å². The Labute approximate surface area is 157 Å². The highest BCUT2D eigenvalue weighted by atomic mass is 32.2. The SMILES string of the molecule is CCN1C(=CC=C(C#N)c2ccc3ccccc3n2)Sc2ccccc21. The number of rotatable bonds is 3. The average molecular weight is 355 g/mol. The number of thioether (sulfide) groups is 1. The molecule has 126 valence electrons. The van der Waals surface area contributed by atoms with Gasteiger partial charge in [-0.05, 0) is 43.3 Å². The van der Waals surface area contributed by atoms with Crippen molar-refractivity contribution in [1.29, 1.82) is 5.26 Å². The van der Waals surface area contributed by atoms with E-state index in [2.05, 4.69) is 47.1 Å². The first-order chi connectivity index (χ1) is 12.8. The van der Waals surface area contributed by atoms with E-state index in [0.29, 0.717) is 11.3 Å². The highest BCUT2D eigenvalue weighted by Crippen LogP contribution is 2.45. The van der Waals surface area contributed by atoms with Crippen LogP contribution in [0.4, 0.5) is 5.69 Å². The van der Waals surface area contributed by atoms with E-state index in [-0.39, 0.29) is 0 Å². The minimum Gasteiger partial charge on any atom is -0.335 e. The van der Waals surface area contributed by atoms with Gasteiger partial charge in [0.25, 0.3) is 0 Å². The van der Waals surface area contributed by atoms with Crippen molar-refractivity contribution in [2.24, 2.45) is 0 Å². The molecule has 0 atom stereocenters. The third kappa shape index (κ3) is 2.98. The minimum atomic E-state index is 0.566. The third-order valence-corrected chi connectivity index (χ3v) is 5.47. The van der Waals surface area contributed by atoms with Crippen LogP contribution in [0.25, 0.3) is 16.5 Å². The van der Waals surface area contributed by atoms with Crippen LogP contribution in [0.3, 0.4) is 0 Å². The smallest absolute Gasteiger partial charge is 0.101 e. The molecule has 3 nitrogen and oxygen atoms in total. The maximum atomic E-state index is 9.61. The third-order valence-electron chi connectivity index (χ3n) is 4.34. The number of fused-ring (bicyclic) bond motifs is 2. The summed E-state index contributed by atoms with van der Waals surface area (Å²) in [6, 6.07) is 22.5. The zero-order valence-electron chi connectivity index (χ0n) is 14.4. The van der Waals surface area contributed by atoms with E-state index in [4.69, 9.17) is 0 Å². The Morgan fingerprint density at radius 1 is 1.12 bits per heavy atom. The second kappa shape index (κ2) is 7.07. The number of aromatic nitrogens is 1. The molecule has 2 heterocycles. The van der Waals surface area contributed by atoms with Gasteiger partial charge in [-0.2, -0.15) is 5.26 Å². The Hall–Kier alpha value is -3.03. The highest BCUT2D eigenvalue weighted by molar-refractivity contribution is 8.03. The van der Waals surface area contributed by atoms with E-state index in [9.17, 15) is 5.26 Å². The molecule has 0 amide bonds. The molecule has 0 unspecified atom stereocenters. The molecule has 0 saturated carbocycles. The zero-order valence-corrected chi connectivity index (χ0v) is 15.2. The molecule has 0 N–H and O–H groups in total. The van der Waals surface area contributed by atoms with Gasteiger partial charge in [-0.25, -0.2) is 4.98 Å². The van der Waals surface area contributed by atoms with Crippen LogP contribution < -0.4 is 4.90 Å². The maximum absolute atomic E-state index is 9.61. The van der Waals surface area contributed by atoms with Crippen LogP contribution in [0.2, 0.25) is 0 Å². The van der Waals surface area contributed by atoms with Crippen molar-refractivity contribution < 1.29 is 0 Å². The van der Waals surface area contributed by atoms with Crippen LogP contribution in [0.1, 0.15) is 12.6 Å². The predicted octanol–water partition coefficient (Wildman–Crippen LogP) is 5.62. The Morgan fingerprint density at radius 3 is 2.77 bits per heavy atom. The first kappa shape index (κ1) is 16.4. The monoisotopic (exact) mass is 355 g/mol. The quantitative estimate of drug-likeness (QED) is 0.572. The van der Waals surface area contributed by atoms with Gasteiger partial charge in [-0.15, -0.1) is 0 Å². The Balaban J connectivity index is 1.69. The fourth-order valence-corrected chi connectivity index (χ4v) is 4.18. The first-order valence-corrected chi connectivity index (χ1v) is 9.34. The van der Waals surface area contributed by atoms with Gasteiger partial charge in [0.05, 0.1) is 27.5 Å². The van der Waals surface area contributed by atoms with Gasteiger partial charge >= 0.3 is 0 Å². The van der Waals surface area contributed by atoms with Crippen molar-refractivity contribution >= 4 is 33.9 Å². The van der Waals surface area contributed by atoms with E-state index in [1.54, 1.807) is 11.8 Å². The van der Waals surface area contributed by atoms with Gasteiger partial charge in [0.15, 0.2) is 0 Å². The molecule has 2 aromatic carbocycles. The lowest BCUT2D eigenvalue weighted by Crippen LogP contribution is -2.16. The standard InChI is InChI=1S/C22H17N3S/c1-2-25-20-9-5-6-10-21(20)26-22(25)14-12-17(15-23)19-13-11-16-7-3-4-8-18(16)24-19/h3-14H,2H2,1H3. The molecule has 0 saturated heterocycles. The van der Waals surface area contributed by atoms with Crippen LogP contribution in [0.5, 0.6) is 0 Å². The average Bonchev–Trinajstić information content (AvgIpc) is 3.05. The number of anilines is 1. The van der Waals surface area contributed by atoms with Gasteiger partial charge in [0.2, 0.25) is 0 Å². The Kier molecular flexibility index (Phi) is 4.47. The summed E-state index contributed by atoms with van der Waals surface area (Å²) in [6.07, 6.45) is 3.89. The molecular weight excluding hydrogens is 338 g/mol. The zero-order chi connectivity index (χ0) is 17.9. The molecule has 1 aromatic heterocycles. The van der Waals surface area contributed by atoms with E-state index in [1.807, 2.05) is 48.6 Å². The Bertz CT molecular complexity index is 1080. The summed E-state index contributed by atoms with van der Waals surface area (Å²) in [4.78, 5) is 8.14. The first-order valence-electron chi connectivity index (χ1n) is 8.53. The van der Waals surface area contributed by atoms with E-state index < -0.39 is 0 Å². The number of nitriles is 1. The Morgan fingerprint density at radius 2 is 1.92 bits per heavy atom. The molecule has 26 heavy (non-hydrogen) atoms. The number of allylic oxidation sites excluding steroid dienone is 3. The summed E-state index contributed by atoms with van der Waals surface area (Å²) >= 11 is 1.73. The molecule has 3 aromatic rings. The lowest BCUT2D eigenvalue weighted by atomic mass is 10.1. The largest absolute Gasteiger partial charge is 0.335 e. The number of nitrogens with zero attached hydrogens (tertiary/aromatic N) is 3. The fourth-order valence-electron chi connectivity index (χ4n) is 3.05. The fraction of sp³-hybridized carbons (Fsp3) is 0.0909. The van der Waals surface area contributed by atoms with E-state index >= 15 is 0 Å². The van der Waals surface area contributed by atoms with Crippen molar-refractivity contribution in [2.45, 2.75) is 11.8 Å². The number of hydrogen-bond acceptors (Lipinski definition) is 4. The molecule has 0 radical (unpaired) electrons. The molecule has 4 heteroatoms. The van der Waals surface area contributed by atoms with Crippen LogP contribution >= 0.6 is 11.8 Å². The molecule has 0 spiro atoms. The van der Waals surface area contributed by atoms with Crippen LogP contribution in [-0.4, -0.2) is 11.5 Å². The number of pyridine rings is 1. The minimum absolute atomic E-state index is 0.566. The maximum Gasteiger partial charge on any atom is 0.101 e. The second-order valence-electron chi connectivity index (χ2n) is 5.90. The van der Waals surface area contributed by atoms with Crippen LogP contribution in [0.15, 0.2) is 82.7 Å². The summed E-state index contributed by atoms with van der Waals surface area (Å²) in [5.41, 5.74) is 3.39. The molecular formula is C22H17N3S. The van der Waals surface area contributed by atoms with Crippen LogP contribution in [0, 0.1) is 11.3 Å². The van der Waals surface area contributed by atoms with Crippen molar-refractivity contribution in [1.82, 2.24) is 4.98 Å². The van der Waals surface area contributed by atoms with Gasteiger partial charge < -0.3 is 4.90 Å². The molecule has 0 fully saturated rings. The summed E-state index contributed by atoms with van der Waals surface area (Å²) < 4.78 is 0. The summed E-state index contributed by atoms with van der Waals surface area (Å²) in [5, 5.41) is 11.8. The van der Waals surface area contributed by atoms with E-state index in [1.165, 1.54) is 10.6 Å². The van der Waals surface area contributed by atoms with Gasteiger partial charge in [0, 0.05) is 16.8 Å². The topological polar surface area (TPSA) is 39.9 Å². The number of hydrogen-bond donors (Lipinski definition) is 0. The van der Waals surface area contributed by atoms with Crippen LogP contribution in [-0.2, 0) is 0 Å². The number of para-hydroxylation sites is 2. The summed E-state index contributed by atoms with van der Waals surface area (Å²) in [6.45, 7) is 3.02. The normalized spacial score (nSPS) is 15.3. The summed E-state index contributed by atoms with van der Waals surface area (Å²) in [5.74, 6) is 0. The highest BCUT2D eigenvalue weighted by Gasteiger charge is 2.22. The van der Waals surface area contributed by atoms with E-state index in [0.717, 1.165) is 22.5 Å². The molecule has 1 aliphatic rings.